The summed E-state index contributed by atoms with van der Waals surface area (Å²) in [6.45, 7) is 4.76. The lowest BCUT2D eigenvalue weighted by molar-refractivity contribution is 0.660. The monoisotopic (exact) mass is 833 g/mol. The molecular formula is C62H43NS. The molecule has 0 spiro atoms. The summed E-state index contributed by atoms with van der Waals surface area (Å²) in [6, 6.07) is 84.2. The van der Waals surface area contributed by atoms with Crippen LogP contribution in [-0.4, -0.2) is 0 Å². The largest absolute Gasteiger partial charge is 0.310 e. The number of hydrogen-bond donors (Lipinski definition) is 0. The van der Waals surface area contributed by atoms with Crippen molar-refractivity contribution in [2.45, 2.75) is 24.7 Å². The second-order valence-electron chi connectivity index (χ2n) is 18.0. The van der Waals surface area contributed by atoms with Gasteiger partial charge in [0.25, 0.3) is 0 Å². The molecule has 0 radical (unpaired) electrons. The molecule has 0 bridgehead atoms. The summed E-state index contributed by atoms with van der Waals surface area (Å²) in [6.07, 6.45) is 0. The van der Waals surface area contributed by atoms with E-state index in [1.165, 1.54) is 97.7 Å². The Morgan fingerprint density at radius 1 is 0.359 bits per heavy atom. The summed E-state index contributed by atoms with van der Waals surface area (Å²) in [4.78, 5) is 2.55. The fourth-order valence-corrected chi connectivity index (χ4v) is 12.7. The summed E-state index contributed by atoms with van der Waals surface area (Å²) in [7, 11) is 0. The first-order valence-electron chi connectivity index (χ1n) is 22.3. The maximum atomic E-state index is 2.55. The van der Waals surface area contributed by atoms with Crippen molar-refractivity contribution in [1.82, 2.24) is 0 Å². The van der Waals surface area contributed by atoms with Gasteiger partial charge < -0.3 is 4.90 Å². The van der Waals surface area contributed by atoms with Gasteiger partial charge in [-0.15, -0.1) is 11.3 Å². The van der Waals surface area contributed by atoms with E-state index < -0.39 is 5.41 Å². The molecular weight excluding hydrogens is 791 g/mol. The van der Waals surface area contributed by atoms with Crippen molar-refractivity contribution < 1.29 is 0 Å². The second kappa shape index (κ2) is 14.0. The zero-order valence-electron chi connectivity index (χ0n) is 35.7. The Hall–Kier alpha value is -7.52. The lowest BCUT2D eigenvalue weighted by atomic mass is 9.67. The minimum Gasteiger partial charge on any atom is -0.310 e. The molecule has 0 atom stereocenters. The molecule has 0 saturated heterocycles. The zero-order valence-corrected chi connectivity index (χ0v) is 36.5. The van der Waals surface area contributed by atoms with Crippen LogP contribution in [-0.2, 0) is 10.8 Å². The molecule has 0 saturated carbocycles. The van der Waals surface area contributed by atoms with Gasteiger partial charge in [0.2, 0.25) is 0 Å². The predicted octanol–water partition coefficient (Wildman–Crippen LogP) is 17.0. The highest BCUT2D eigenvalue weighted by molar-refractivity contribution is 7.26. The summed E-state index contributed by atoms with van der Waals surface area (Å²) in [5.41, 5.74) is 18.2. The van der Waals surface area contributed by atoms with E-state index in [0.29, 0.717) is 0 Å². The third-order valence-electron chi connectivity index (χ3n) is 14.3. The maximum absolute atomic E-state index is 2.55. The van der Waals surface area contributed by atoms with Crippen LogP contribution >= 0.6 is 11.3 Å². The summed E-state index contributed by atoms with van der Waals surface area (Å²) in [5.74, 6) is 0. The Morgan fingerprint density at radius 3 is 1.64 bits per heavy atom. The quantitative estimate of drug-likeness (QED) is 0.161. The Labute approximate surface area is 378 Å². The number of fused-ring (bicyclic) bond motifs is 11. The van der Waals surface area contributed by atoms with Crippen LogP contribution in [0.3, 0.4) is 0 Å². The Balaban J connectivity index is 1.11. The van der Waals surface area contributed by atoms with Crippen molar-refractivity contribution in [3.63, 3.8) is 0 Å². The van der Waals surface area contributed by atoms with Crippen molar-refractivity contribution in [3.8, 4) is 33.4 Å². The van der Waals surface area contributed by atoms with Crippen molar-refractivity contribution in [3.05, 3.63) is 258 Å². The van der Waals surface area contributed by atoms with Gasteiger partial charge in [-0.1, -0.05) is 196 Å². The molecule has 0 aliphatic heterocycles. The molecule has 1 aromatic heterocycles. The predicted molar refractivity (Wildman–Crippen MR) is 272 cm³/mol. The molecule has 0 fully saturated rings. The molecule has 13 rings (SSSR count). The fraction of sp³-hybridized carbons (Fsp3) is 0.0645. The van der Waals surface area contributed by atoms with Gasteiger partial charge in [0.15, 0.2) is 0 Å². The molecule has 10 aromatic carbocycles. The van der Waals surface area contributed by atoms with Crippen molar-refractivity contribution in [2.75, 3.05) is 4.90 Å². The van der Waals surface area contributed by atoms with Crippen LogP contribution in [0.25, 0.3) is 64.3 Å². The van der Waals surface area contributed by atoms with E-state index in [9.17, 15) is 0 Å². The molecule has 0 unspecified atom stereocenters. The van der Waals surface area contributed by atoms with Gasteiger partial charge in [0.05, 0.1) is 11.1 Å². The van der Waals surface area contributed by atoms with E-state index in [1.807, 2.05) is 11.3 Å². The SMILES string of the molecule is CC1(C)c2ccccc2-c2ccc(N(c3ccc4c(c3)C(c3ccccc3)(c3ccccc3)c3ccccc3-4)c3ccccc3-c3cccc4ccc5sc6ccccc6c5c34)cc21. The third-order valence-corrected chi connectivity index (χ3v) is 15.5. The molecule has 1 heterocycles. The normalized spacial score (nSPS) is 14.0. The Bertz CT molecular complexity index is 3610. The summed E-state index contributed by atoms with van der Waals surface area (Å²) in [5, 5.41) is 5.19. The smallest absolute Gasteiger partial charge is 0.0714 e. The number of anilines is 3. The summed E-state index contributed by atoms with van der Waals surface area (Å²) < 4.78 is 2.63. The van der Waals surface area contributed by atoms with Crippen LogP contribution in [0.4, 0.5) is 17.1 Å². The van der Waals surface area contributed by atoms with Crippen molar-refractivity contribution in [1.29, 1.82) is 0 Å². The molecule has 2 heteroatoms. The lowest BCUT2D eigenvalue weighted by Crippen LogP contribution is -2.28. The van der Waals surface area contributed by atoms with Crippen molar-refractivity contribution >= 4 is 59.3 Å². The lowest BCUT2D eigenvalue weighted by Gasteiger charge is -2.35. The van der Waals surface area contributed by atoms with E-state index >= 15 is 0 Å². The highest BCUT2D eigenvalue weighted by Crippen LogP contribution is 2.58. The number of thiophene rings is 1. The van der Waals surface area contributed by atoms with E-state index in [2.05, 4.69) is 243 Å². The van der Waals surface area contributed by atoms with Crippen LogP contribution in [0.5, 0.6) is 0 Å². The van der Waals surface area contributed by atoms with Gasteiger partial charge in [-0.25, -0.2) is 0 Å². The minimum absolute atomic E-state index is 0.163. The van der Waals surface area contributed by atoms with Gasteiger partial charge in [0, 0.05) is 42.5 Å². The molecule has 64 heavy (non-hydrogen) atoms. The van der Waals surface area contributed by atoms with Gasteiger partial charge in [-0.2, -0.15) is 0 Å². The first kappa shape index (κ1) is 37.1. The zero-order chi connectivity index (χ0) is 42.6. The Morgan fingerprint density at radius 2 is 0.906 bits per heavy atom. The van der Waals surface area contributed by atoms with Crippen LogP contribution in [0, 0.1) is 0 Å². The van der Waals surface area contributed by atoms with E-state index in [4.69, 9.17) is 0 Å². The average Bonchev–Trinajstić information content (AvgIpc) is 3.96. The number of benzene rings is 10. The first-order chi connectivity index (χ1) is 31.5. The molecule has 302 valence electrons. The first-order valence-corrected chi connectivity index (χ1v) is 23.2. The standard InChI is InChI=1S/C62H43NS/c1-61(2)52-28-13-9-23-45(52)47-35-33-43(38-54(47)61)63(56-30-15-11-25-49(56)50-27-17-18-40-32-37-58-60(59(40)50)51-26-12-16-31-57(51)64-58)44-34-36-48-46-24-10-14-29-53(46)62(55(48)39-44,41-19-5-3-6-20-41)42-21-7-4-8-22-42/h3-39H,1-2H3. The maximum Gasteiger partial charge on any atom is 0.0714 e. The Kier molecular flexibility index (Phi) is 8.11. The average molecular weight is 834 g/mol. The van der Waals surface area contributed by atoms with Crippen LogP contribution < -0.4 is 4.90 Å². The van der Waals surface area contributed by atoms with Gasteiger partial charge in [-0.05, 0) is 114 Å². The fourth-order valence-electron chi connectivity index (χ4n) is 11.5. The van der Waals surface area contributed by atoms with Crippen LogP contribution in [0.15, 0.2) is 224 Å². The second-order valence-corrected chi connectivity index (χ2v) is 19.0. The number of nitrogens with zero attached hydrogens (tertiary/aromatic N) is 1. The molecule has 11 aromatic rings. The van der Waals surface area contributed by atoms with Crippen LogP contribution in [0.2, 0.25) is 0 Å². The number of para-hydroxylation sites is 1. The van der Waals surface area contributed by atoms with Gasteiger partial charge >= 0.3 is 0 Å². The molecule has 2 aliphatic carbocycles. The van der Waals surface area contributed by atoms with E-state index in [-0.39, 0.29) is 5.41 Å². The van der Waals surface area contributed by atoms with Gasteiger partial charge in [0.1, 0.15) is 0 Å². The highest BCUT2D eigenvalue weighted by atomic mass is 32.1. The molecule has 0 N–H and O–H groups in total. The van der Waals surface area contributed by atoms with Crippen molar-refractivity contribution in [2.24, 2.45) is 0 Å². The molecule has 1 nitrogen and oxygen atoms in total. The molecule has 2 aliphatic rings. The van der Waals surface area contributed by atoms with E-state index in [1.54, 1.807) is 0 Å². The molecule has 0 amide bonds. The van der Waals surface area contributed by atoms with Crippen LogP contribution in [0.1, 0.15) is 47.2 Å². The number of hydrogen-bond acceptors (Lipinski definition) is 2. The minimum atomic E-state index is -0.529. The van der Waals surface area contributed by atoms with Gasteiger partial charge in [-0.3, -0.25) is 0 Å². The number of rotatable bonds is 6. The topological polar surface area (TPSA) is 3.24 Å². The van der Waals surface area contributed by atoms with E-state index in [0.717, 1.165) is 17.1 Å². The third kappa shape index (κ3) is 5.18. The highest BCUT2D eigenvalue weighted by Gasteiger charge is 2.46. The summed E-state index contributed by atoms with van der Waals surface area (Å²) >= 11 is 1.88.